The molecule has 166 valence electrons. The molecule has 2 aromatic heterocycles. The third kappa shape index (κ3) is 4.34. The molecule has 1 saturated heterocycles. The fourth-order valence-electron chi connectivity index (χ4n) is 4.31. The maximum Gasteiger partial charge on any atom is 0.246 e. The molecular formula is C26H23ClN4O2. The second-order valence-electron chi connectivity index (χ2n) is 8.05. The Morgan fingerprint density at radius 2 is 2.00 bits per heavy atom. The number of ether oxygens (including phenoxy) is 1. The average molecular weight is 459 g/mol. The minimum atomic E-state index is -0.0339. The van der Waals surface area contributed by atoms with Crippen LogP contribution in [0.15, 0.2) is 79.6 Å². The van der Waals surface area contributed by atoms with E-state index in [4.69, 9.17) is 21.4 Å². The number of halogens is 1. The topological polar surface area (TPSA) is 60.2 Å². The van der Waals surface area contributed by atoms with Crippen LogP contribution in [0.5, 0.6) is 11.5 Å². The summed E-state index contributed by atoms with van der Waals surface area (Å²) in [5, 5.41) is 6.59. The fourth-order valence-corrected chi connectivity index (χ4v) is 4.49. The lowest BCUT2D eigenvalue weighted by atomic mass is 10.1. The summed E-state index contributed by atoms with van der Waals surface area (Å²) < 4.78 is 7.96. The number of piperidine rings is 1. The molecule has 5 rings (SSSR count). The summed E-state index contributed by atoms with van der Waals surface area (Å²) in [4.78, 5) is 18.3. The summed E-state index contributed by atoms with van der Waals surface area (Å²) in [7, 11) is 0. The lowest BCUT2D eigenvalue weighted by Crippen LogP contribution is -2.40. The Hall–Kier alpha value is -3.64. The Labute approximate surface area is 197 Å². The zero-order valence-corrected chi connectivity index (χ0v) is 18.8. The molecule has 0 bridgehead atoms. The summed E-state index contributed by atoms with van der Waals surface area (Å²) in [6.07, 6.45) is 6.90. The molecule has 33 heavy (non-hydrogen) atoms. The van der Waals surface area contributed by atoms with E-state index in [1.807, 2.05) is 64.3 Å². The van der Waals surface area contributed by atoms with Gasteiger partial charge in [0.25, 0.3) is 0 Å². The number of aromatic nitrogens is 3. The van der Waals surface area contributed by atoms with Gasteiger partial charge >= 0.3 is 0 Å². The maximum atomic E-state index is 12.2. The zero-order valence-electron chi connectivity index (χ0n) is 18.0. The van der Waals surface area contributed by atoms with E-state index in [0.29, 0.717) is 23.1 Å². The highest BCUT2D eigenvalue weighted by Crippen LogP contribution is 2.33. The van der Waals surface area contributed by atoms with Crippen molar-refractivity contribution >= 4 is 28.4 Å². The van der Waals surface area contributed by atoms with Gasteiger partial charge in [-0.2, -0.15) is 5.10 Å². The van der Waals surface area contributed by atoms with Crippen molar-refractivity contribution in [3.8, 4) is 22.8 Å². The van der Waals surface area contributed by atoms with E-state index in [2.05, 4.69) is 11.6 Å². The van der Waals surface area contributed by atoms with Crippen LogP contribution in [0.2, 0.25) is 5.02 Å². The quantitative estimate of drug-likeness (QED) is 0.350. The predicted molar refractivity (Wildman–Crippen MR) is 130 cm³/mol. The number of hydrogen-bond acceptors (Lipinski definition) is 4. The standard InChI is InChI=1S/C26H23ClN4O2/c1-2-25(32)30-14-4-6-20(17-30)31-24-12-13-28-16-23(24)26(29-31)18-8-10-21(11-9-18)33-22-7-3-5-19(27)15-22/h2-3,5,7-13,15-16,20H,1,4,6,14,17H2/t20-/m1/s1. The Kier molecular flexibility index (Phi) is 5.84. The van der Waals surface area contributed by atoms with Crippen molar-refractivity contribution in [2.24, 2.45) is 0 Å². The van der Waals surface area contributed by atoms with Gasteiger partial charge in [0.05, 0.1) is 11.6 Å². The number of hydrogen-bond donors (Lipinski definition) is 0. The zero-order chi connectivity index (χ0) is 22.8. The highest BCUT2D eigenvalue weighted by molar-refractivity contribution is 6.30. The van der Waals surface area contributed by atoms with E-state index in [0.717, 1.165) is 41.5 Å². The van der Waals surface area contributed by atoms with Gasteiger partial charge in [0, 0.05) is 41.5 Å². The molecule has 6 nitrogen and oxygen atoms in total. The van der Waals surface area contributed by atoms with Crippen LogP contribution in [-0.2, 0) is 4.79 Å². The first-order valence-corrected chi connectivity index (χ1v) is 11.3. The van der Waals surface area contributed by atoms with Crippen molar-refractivity contribution in [1.29, 1.82) is 0 Å². The molecule has 0 unspecified atom stereocenters. The molecule has 2 aromatic carbocycles. The molecule has 4 aromatic rings. The molecule has 1 atom stereocenters. The van der Waals surface area contributed by atoms with Gasteiger partial charge in [-0.05, 0) is 67.4 Å². The molecule has 0 saturated carbocycles. The Balaban J connectivity index is 1.45. The number of likely N-dealkylation sites (tertiary alicyclic amines) is 1. The number of carbonyl (C=O) groups is 1. The SMILES string of the molecule is C=CC(=O)N1CCC[C@@H](n2nc(-c3ccc(Oc4cccc(Cl)c4)cc3)c3cnccc32)C1. The molecule has 0 spiro atoms. The Bertz CT molecular complexity index is 1320. The van der Waals surface area contributed by atoms with Crippen molar-refractivity contribution in [3.05, 3.63) is 84.7 Å². The number of rotatable bonds is 5. The van der Waals surface area contributed by atoms with Crippen LogP contribution in [-0.4, -0.2) is 38.7 Å². The van der Waals surface area contributed by atoms with Gasteiger partial charge in [0.15, 0.2) is 0 Å². The van der Waals surface area contributed by atoms with E-state index in [1.165, 1.54) is 6.08 Å². The van der Waals surface area contributed by atoms with Crippen LogP contribution in [0.4, 0.5) is 0 Å². The number of amides is 1. The van der Waals surface area contributed by atoms with Gasteiger partial charge in [0.2, 0.25) is 5.91 Å². The minimum absolute atomic E-state index is 0.0339. The predicted octanol–water partition coefficient (Wildman–Crippen LogP) is 5.89. The van der Waals surface area contributed by atoms with Crippen molar-refractivity contribution < 1.29 is 9.53 Å². The van der Waals surface area contributed by atoms with E-state index < -0.39 is 0 Å². The highest BCUT2D eigenvalue weighted by atomic mass is 35.5. The molecule has 1 aliphatic heterocycles. The van der Waals surface area contributed by atoms with Crippen LogP contribution in [0.3, 0.4) is 0 Å². The van der Waals surface area contributed by atoms with Crippen LogP contribution < -0.4 is 4.74 Å². The average Bonchev–Trinajstić information content (AvgIpc) is 3.24. The Morgan fingerprint density at radius 1 is 1.15 bits per heavy atom. The van der Waals surface area contributed by atoms with Crippen molar-refractivity contribution in [1.82, 2.24) is 19.7 Å². The van der Waals surface area contributed by atoms with Gasteiger partial charge < -0.3 is 9.64 Å². The lowest BCUT2D eigenvalue weighted by molar-refractivity contribution is -0.127. The van der Waals surface area contributed by atoms with E-state index in [1.54, 1.807) is 12.3 Å². The van der Waals surface area contributed by atoms with Crippen LogP contribution in [0, 0.1) is 0 Å². The smallest absolute Gasteiger partial charge is 0.246 e. The first kappa shape index (κ1) is 21.2. The van der Waals surface area contributed by atoms with Crippen molar-refractivity contribution in [3.63, 3.8) is 0 Å². The van der Waals surface area contributed by atoms with Crippen LogP contribution in [0.1, 0.15) is 18.9 Å². The van der Waals surface area contributed by atoms with E-state index in [9.17, 15) is 4.79 Å². The normalized spacial score (nSPS) is 16.0. The maximum absolute atomic E-state index is 12.2. The molecule has 0 radical (unpaired) electrons. The van der Waals surface area contributed by atoms with Gasteiger partial charge in [-0.15, -0.1) is 0 Å². The molecule has 1 aliphatic rings. The molecular weight excluding hydrogens is 436 g/mol. The van der Waals surface area contributed by atoms with E-state index in [-0.39, 0.29) is 11.9 Å². The number of pyridine rings is 1. The highest BCUT2D eigenvalue weighted by Gasteiger charge is 2.26. The summed E-state index contributed by atoms with van der Waals surface area (Å²) >= 11 is 6.05. The van der Waals surface area contributed by atoms with Crippen molar-refractivity contribution in [2.75, 3.05) is 13.1 Å². The summed E-state index contributed by atoms with van der Waals surface area (Å²) in [6, 6.07) is 17.2. The van der Waals surface area contributed by atoms with Crippen LogP contribution in [0.25, 0.3) is 22.2 Å². The molecule has 1 amide bonds. The number of nitrogens with zero attached hydrogens (tertiary/aromatic N) is 4. The summed E-state index contributed by atoms with van der Waals surface area (Å²) in [5.74, 6) is 1.37. The Morgan fingerprint density at radius 3 is 2.79 bits per heavy atom. The second-order valence-corrected chi connectivity index (χ2v) is 8.49. The molecule has 0 N–H and O–H groups in total. The number of fused-ring (bicyclic) bond motifs is 1. The van der Waals surface area contributed by atoms with Crippen molar-refractivity contribution in [2.45, 2.75) is 18.9 Å². The largest absolute Gasteiger partial charge is 0.457 e. The number of carbonyl (C=O) groups excluding carboxylic acids is 1. The summed E-state index contributed by atoms with van der Waals surface area (Å²) in [5.41, 5.74) is 2.84. The first-order chi connectivity index (χ1) is 16.1. The van der Waals surface area contributed by atoms with E-state index >= 15 is 0 Å². The second kappa shape index (κ2) is 9.08. The third-order valence-electron chi connectivity index (χ3n) is 5.90. The fraction of sp³-hybridized carbons (Fsp3) is 0.192. The summed E-state index contributed by atoms with van der Waals surface area (Å²) in [6.45, 7) is 5.00. The molecule has 1 fully saturated rings. The first-order valence-electron chi connectivity index (χ1n) is 10.9. The lowest BCUT2D eigenvalue weighted by Gasteiger charge is -2.32. The van der Waals surface area contributed by atoms with Gasteiger partial charge in [-0.3, -0.25) is 14.5 Å². The van der Waals surface area contributed by atoms with Gasteiger partial charge in [-0.1, -0.05) is 24.2 Å². The minimum Gasteiger partial charge on any atom is -0.457 e. The third-order valence-corrected chi connectivity index (χ3v) is 6.13. The number of benzene rings is 2. The monoisotopic (exact) mass is 458 g/mol. The molecule has 7 heteroatoms. The van der Waals surface area contributed by atoms with Crippen LogP contribution >= 0.6 is 11.6 Å². The van der Waals surface area contributed by atoms with Gasteiger partial charge in [-0.25, -0.2) is 0 Å². The molecule has 0 aliphatic carbocycles. The van der Waals surface area contributed by atoms with Gasteiger partial charge in [0.1, 0.15) is 17.2 Å². The molecule has 3 heterocycles.